The minimum atomic E-state index is -4.68. The Morgan fingerprint density at radius 2 is 1.95 bits per heavy atom. The second-order valence-electron chi connectivity index (χ2n) is 11.1. The highest BCUT2D eigenvalue weighted by atomic mass is 19.4. The third-order valence-corrected chi connectivity index (χ3v) is 8.37. The standard InChI is InChI=1S/C29H31F5N4O5/c1-42-15-21(38-14-23(29(32,33)34)36-26(38)39)17-12-19(31)24-20(13-17)35-25(43-24)28(9-7-18(30)8-10-28)22(37-27(40)41)11-16-5-3-2-4-6-16/h2-6,12-13,18,21-23,37H,7-11,14-15H2,1H3,(H,36,39)(H,40,41)/t18?,21-,22?,23+,28?/m1/s1. The molecule has 3 N–H and O–H groups in total. The first-order chi connectivity index (χ1) is 20.4. The highest BCUT2D eigenvalue weighted by Gasteiger charge is 2.50. The number of carbonyl (C=O) groups excluding carboxylic acids is 1. The summed E-state index contributed by atoms with van der Waals surface area (Å²) in [6.45, 7) is -0.924. The first-order valence-electron chi connectivity index (χ1n) is 13.8. The molecule has 1 unspecified atom stereocenters. The van der Waals surface area contributed by atoms with Gasteiger partial charge in [-0.05, 0) is 55.4 Å². The molecule has 1 saturated heterocycles. The third kappa shape index (κ3) is 6.24. The summed E-state index contributed by atoms with van der Waals surface area (Å²) in [5.41, 5.74) is -0.395. The van der Waals surface area contributed by atoms with E-state index >= 15 is 4.39 Å². The van der Waals surface area contributed by atoms with Crippen molar-refractivity contribution in [3.8, 4) is 0 Å². The summed E-state index contributed by atoms with van der Waals surface area (Å²) >= 11 is 0. The first kappa shape index (κ1) is 30.5. The van der Waals surface area contributed by atoms with Crippen molar-refractivity contribution in [2.24, 2.45) is 0 Å². The van der Waals surface area contributed by atoms with Gasteiger partial charge in [-0.15, -0.1) is 0 Å². The van der Waals surface area contributed by atoms with E-state index in [4.69, 9.17) is 9.15 Å². The van der Waals surface area contributed by atoms with E-state index < -0.39 is 60.4 Å². The van der Waals surface area contributed by atoms with Crippen molar-refractivity contribution < 1.29 is 45.8 Å². The number of aromatic nitrogens is 1. The molecule has 0 spiro atoms. The van der Waals surface area contributed by atoms with Crippen molar-refractivity contribution in [3.63, 3.8) is 0 Å². The Morgan fingerprint density at radius 1 is 1.26 bits per heavy atom. The first-order valence-corrected chi connectivity index (χ1v) is 13.8. The van der Waals surface area contributed by atoms with Gasteiger partial charge in [0.1, 0.15) is 17.7 Å². The molecule has 1 aliphatic carbocycles. The Balaban J connectivity index is 1.56. The molecule has 5 rings (SSSR count). The highest BCUT2D eigenvalue weighted by molar-refractivity contribution is 5.79. The van der Waals surface area contributed by atoms with Crippen LogP contribution in [-0.4, -0.2) is 71.8 Å². The molecular formula is C29H31F5N4O5. The second kappa shape index (κ2) is 12.0. The number of alkyl halides is 4. The molecule has 9 nitrogen and oxygen atoms in total. The number of fused-ring (bicyclic) bond motifs is 1. The van der Waals surface area contributed by atoms with Gasteiger partial charge >= 0.3 is 18.3 Å². The van der Waals surface area contributed by atoms with Crippen molar-refractivity contribution in [1.29, 1.82) is 0 Å². The summed E-state index contributed by atoms with van der Waals surface area (Å²) in [6.07, 6.45) is -6.28. The van der Waals surface area contributed by atoms with E-state index in [9.17, 15) is 32.3 Å². The number of methoxy groups -OCH3 is 1. The number of carboxylic acid groups (broad SMARTS) is 1. The van der Waals surface area contributed by atoms with E-state index in [2.05, 4.69) is 10.3 Å². The van der Waals surface area contributed by atoms with Crippen molar-refractivity contribution in [2.75, 3.05) is 20.3 Å². The lowest BCUT2D eigenvalue weighted by Gasteiger charge is -2.42. The molecule has 2 aliphatic rings. The number of urea groups is 1. The van der Waals surface area contributed by atoms with Gasteiger partial charge in [0.25, 0.3) is 0 Å². The highest BCUT2D eigenvalue weighted by Crippen LogP contribution is 2.45. The van der Waals surface area contributed by atoms with Gasteiger partial charge in [-0.2, -0.15) is 13.2 Å². The lowest BCUT2D eigenvalue weighted by molar-refractivity contribution is -0.150. The summed E-state index contributed by atoms with van der Waals surface area (Å²) < 4.78 is 81.1. The molecule has 0 radical (unpaired) electrons. The van der Waals surface area contributed by atoms with Crippen LogP contribution in [0.1, 0.15) is 48.7 Å². The van der Waals surface area contributed by atoms with Gasteiger partial charge in [0.15, 0.2) is 11.4 Å². The molecular weight excluding hydrogens is 579 g/mol. The number of benzene rings is 2. The smallest absolute Gasteiger partial charge is 0.410 e. The fourth-order valence-electron chi connectivity index (χ4n) is 6.15. The Labute approximate surface area is 243 Å². The number of halogens is 5. The molecule has 14 heteroatoms. The van der Waals surface area contributed by atoms with Gasteiger partial charge in [0.2, 0.25) is 5.89 Å². The fraction of sp³-hybridized carbons (Fsp3) is 0.483. The zero-order chi connectivity index (χ0) is 30.9. The SMILES string of the molecule is COC[C@H](c1cc(F)c2oc(C3(C(Cc4ccccc4)NC(=O)O)CCC(F)CC3)nc2c1)N1C[C@@H](C(F)(F)F)NC1=O. The van der Waals surface area contributed by atoms with Crippen molar-refractivity contribution in [3.05, 3.63) is 65.3 Å². The number of hydrogen-bond acceptors (Lipinski definition) is 5. The number of hydrogen-bond donors (Lipinski definition) is 3. The lowest BCUT2D eigenvalue weighted by Crippen LogP contribution is -2.53. The molecule has 1 aliphatic heterocycles. The van der Waals surface area contributed by atoms with E-state index in [1.807, 2.05) is 35.6 Å². The predicted molar refractivity (Wildman–Crippen MR) is 144 cm³/mol. The normalized spacial score (nSPS) is 24.1. The Kier molecular flexibility index (Phi) is 8.50. The molecule has 3 amide bonds. The van der Waals surface area contributed by atoms with E-state index in [1.54, 1.807) is 0 Å². The van der Waals surface area contributed by atoms with E-state index in [0.717, 1.165) is 16.5 Å². The zero-order valence-electron chi connectivity index (χ0n) is 23.2. The molecule has 43 heavy (non-hydrogen) atoms. The molecule has 232 valence electrons. The number of ether oxygens (including phenoxy) is 1. The molecule has 3 aromatic rings. The van der Waals surface area contributed by atoms with Crippen LogP contribution in [0.5, 0.6) is 0 Å². The summed E-state index contributed by atoms with van der Waals surface area (Å²) in [7, 11) is 1.30. The van der Waals surface area contributed by atoms with Gasteiger partial charge < -0.3 is 29.8 Å². The number of nitrogens with one attached hydrogen (secondary N) is 2. The van der Waals surface area contributed by atoms with Crippen LogP contribution in [0, 0.1) is 5.82 Å². The summed E-state index contributed by atoms with van der Waals surface area (Å²) in [5, 5.41) is 14.2. The maximum absolute atomic E-state index is 15.6. The van der Waals surface area contributed by atoms with Crippen molar-refractivity contribution >= 4 is 23.2 Å². The van der Waals surface area contributed by atoms with Crippen molar-refractivity contribution in [1.82, 2.24) is 20.5 Å². The monoisotopic (exact) mass is 610 g/mol. The number of rotatable bonds is 9. The van der Waals surface area contributed by atoms with Crippen LogP contribution >= 0.6 is 0 Å². The topological polar surface area (TPSA) is 117 Å². The zero-order valence-corrected chi connectivity index (χ0v) is 23.2. The summed E-state index contributed by atoms with van der Waals surface area (Å²) in [6, 6.07) is 6.61. The molecule has 3 atom stereocenters. The number of oxazole rings is 1. The van der Waals surface area contributed by atoms with E-state index in [-0.39, 0.29) is 61.3 Å². The maximum atomic E-state index is 15.6. The van der Waals surface area contributed by atoms with Crippen LogP contribution in [0.2, 0.25) is 0 Å². The molecule has 2 heterocycles. The third-order valence-electron chi connectivity index (χ3n) is 8.37. The van der Waals surface area contributed by atoms with Gasteiger partial charge in [0, 0.05) is 7.11 Å². The van der Waals surface area contributed by atoms with E-state index in [0.29, 0.717) is 0 Å². The van der Waals surface area contributed by atoms with Crippen LogP contribution in [-0.2, 0) is 16.6 Å². The largest absolute Gasteiger partial charge is 0.465 e. The molecule has 1 aromatic heterocycles. The number of amides is 3. The molecule has 2 fully saturated rings. The summed E-state index contributed by atoms with van der Waals surface area (Å²) in [4.78, 5) is 29.9. The number of nitrogens with zero attached hydrogens (tertiary/aromatic N) is 2. The maximum Gasteiger partial charge on any atom is 0.410 e. The minimum Gasteiger partial charge on any atom is -0.465 e. The molecule has 2 aromatic carbocycles. The van der Waals surface area contributed by atoms with Crippen LogP contribution in [0.15, 0.2) is 46.9 Å². The van der Waals surface area contributed by atoms with Gasteiger partial charge in [-0.1, -0.05) is 30.3 Å². The van der Waals surface area contributed by atoms with E-state index in [1.165, 1.54) is 13.2 Å². The van der Waals surface area contributed by atoms with Crippen LogP contribution in [0.25, 0.3) is 11.1 Å². The number of carbonyl (C=O) groups is 2. The summed E-state index contributed by atoms with van der Waals surface area (Å²) in [5.74, 6) is -0.848. The fourth-order valence-corrected chi connectivity index (χ4v) is 6.15. The van der Waals surface area contributed by atoms with Crippen LogP contribution < -0.4 is 10.6 Å². The van der Waals surface area contributed by atoms with Crippen LogP contribution in [0.3, 0.4) is 0 Å². The Bertz CT molecular complexity index is 1460. The molecule has 1 saturated carbocycles. The average molecular weight is 611 g/mol. The average Bonchev–Trinajstić information content (AvgIpc) is 3.57. The Morgan fingerprint density at radius 3 is 2.56 bits per heavy atom. The lowest BCUT2D eigenvalue weighted by atomic mass is 9.67. The van der Waals surface area contributed by atoms with Crippen molar-refractivity contribution in [2.45, 2.75) is 68.0 Å². The second-order valence-corrected chi connectivity index (χ2v) is 11.1. The van der Waals surface area contributed by atoms with Gasteiger partial charge in [-0.3, -0.25) is 0 Å². The van der Waals surface area contributed by atoms with Gasteiger partial charge in [0.05, 0.1) is 30.7 Å². The predicted octanol–water partition coefficient (Wildman–Crippen LogP) is 5.64. The minimum absolute atomic E-state index is 0.0219. The van der Waals surface area contributed by atoms with Crippen LogP contribution in [0.4, 0.5) is 31.5 Å². The molecule has 0 bridgehead atoms. The van der Waals surface area contributed by atoms with Gasteiger partial charge in [-0.25, -0.2) is 23.4 Å². The quantitative estimate of drug-likeness (QED) is 0.270. The Hall–Kier alpha value is -3.94.